The van der Waals surface area contributed by atoms with Gasteiger partial charge in [-0.15, -0.1) is 12.4 Å². The standard InChI is InChI=1S/C21H25F2NO3.ClH/c1-26-16-9-15(25)12-8-14-13-4-5-21(22,23)19-20(13,17(12)18(16)27-19)6-7-24(14)10-11-2-3-11;/h9,11,13-14,19,25H,2-8,10H2,1H3;1H/t13-,14-,19-,20+;/m1./s1. The first-order valence-corrected chi connectivity index (χ1v) is 10.2. The average Bonchev–Trinajstić information content (AvgIpc) is 3.38. The van der Waals surface area contributed by atoms with Crippen LogP contribution in [0.15, 0.2) is 6.07 Å². The van der Waals surface area contributed by atoms with E-state index in [9.17, 15) is 5.11 Å². The molecule has 2 saturated carbocycles. The van der Waals surface area contributed by atoms with Gasteiger partial charge in [0.25, 0.3) is 5.92 Å². The Hall–Kier alpha value is -1.27. The molecule has 0 amide bonds. The SMILES string of the molecule is COc1cc(O)c2c3c1O[C@H]1C(F)(F)CC[C@@H]4[C@@H](C2)N(CC2CC2)CC[C@@]341.Cl. The first kappa shape index (κ1) is 18.7. The zero-order valence-corrected chi connectivity index (χ0v) is 16.7. The summed E-state index contributed by atoms with van der Waals surface area (Å²) in [5.74, 6) is -0.927. The number of phenols is 1. The highest BCUT2D eigenvalue weighted by Crippen LogP contribution is 2.67. The molecule has 1 aromatic carbocycles. The van der Waals surface area contributed by atoms with E-state index in [1.165, 1.54) is 20.0 Å². The molecule has 4 nitrogen and oxygen atoms in total. The maximum absolute atomic E-state index is 15.0. The highest BCUT2D eigenvalue weighted by Gasteiger charge is 2.71. The third kappa shape index (κ3) is 2.19. The fraction of sp³-hybridized carbons (Fsp3) is 0.714. The van der Waals surface area contributed by atoms with Crippen molar-refractivity contribution in [3.63, 3.8) is 0 Å². The van der Waals surface area contributed by atoms with Crippen molar-refractivity contribution in [1.29, 1.82) is 0 Å². The molecule has 6 rings (SSSR count). The Bertz CT molecular complexity index is 830. The zero-order chi connectivity index (χ0) is 18.6. The number of methoxy groups -OCH3 is 1. The van der Waals surface area contributed by atoms with Crippen LogP contribution in [0.4, 0.5) is 8.78 Å². The van der Waals surface area contributed by atoms with E-state index < -0.39 is 17.4 Å². The van der Waals surface area contributed by atoms with Crippen LogP contribution in [-0.2, 0) is 11.8 Å². The largest absolute Gasteiger partial charge is 0.508 e. The van der Waals surface area contributed by atoms with Crippen LogP contribution in [0.3, 0.4) is 0 Å². The van der Waals surface area contributed by atoms with Crippen molar-refractivity contribution in [3.8, 4) is 17.2 Å². The average molecular weight is 414 g/mol. The molecule has 1 N–H and O–H groups in total. The molecular weight excluding hydrogens is 388 g/mol. The van der Waals surface area contributed by atoms with Gasteiger partial charge in [-0.3, -0.25) is 4.90 Å². The summed E-state index contributed by atoms with van der Waals surface area (Å²) in [6, 6.07) is 1.76. The van der Waals surface area contributed by atoms with Gasteiger partial charge < -0.3 is 14.6 Å². The number of hydrogen-bond acceptors (Lipinski definition) is 4. The molecule has 1 aromatic rings. The summed E-state index contributed by atoms with van der Waals surface area (Å²) in [7, 11) is 1.50. The fourth-order valence-corrected chi connectivity index (χ4v) is 6.63. The molecule has 7 heteroatoms. The topological polar surface area (TPSA) is 41.9 Å². The minimum absolute atomic E-state index is 0. The minimum Gasteiger partial charge on any atom is -0.508 e. The number of ether oxygens (including phenoxy) is 2. The predicted octanol–water partition coefficient (Wildman–Crippen LogP) is 3.91. The van der Waals surface area contributed by atoms with Crippen LogP contribution in [-0.4, -0.2) is 48.3 Å². The third-order valence-corrected chi connectivity index (χ3v) is 7.90. The number of alkyl halides is 2. The predicted molar refractivity (Wildman–Crippen MR) is 102 cm³/mol. The number of aromatic hydroxyl groups is 1. The maximum atomic E-state index is 15.0. The maximum Gasteiger partial charge on any atom is 0.285 e. The Morgan fingerprint density at radius 2 is 2.07 bits per heavy atom. The summed E-state index contributed by atoms with van der Waals surface area (Å²) >= 11 is 0. The molecule has 4 atom stereocenters. The van der Waals surface area contributed by atoms with Gasteiger partial charge in [-0.2, -0.15) is 0 Å². The lowest BCUT2D eigenvalue weighted by Gasteiger charge is -2.59. The lowest BCUT2D eigenvalue weighted by Crippen LogP contribution is -2.68. The molecule has 2 aliphatic heterocycles. The normalized spacial score (nSPS) is 36.9. The summed E-state index contributed by atoms with van der Waals surface area (Å²) < 4.78 is 41.5. The lowest BCUT2D eigenvalue weighted by molar-refractivity contribution is -0.182. The molecular formula is C21H26ClF2NO3. The molecule has 3 fully saturated rings. The van der Waals surface area contributed by atoms with Crippen molar-refractivity contribution in [2.75, 3.05) is 20.2 Å². The highest BCUT2D eigenvalue weighted by molar-refractivity contribution is 5.85. The Morgan fingerprint density at radius 1 is 1.29 bits per heavy atom. The second-order valence-electron chi connectivity index (χ2n) is 9.18. The highest BCUT2D eigenvalue weighted by atomic mass is 35.5. The molecule has 1 saturated heterocycles. The molecule has 28 heavy (non-hydrogen) atoms. The molecule has 0 unspecified atom stereocenters. The van der Waals surface area contributed by atoms with Crippen molar-refractivity contribution in [3.05, 3.63) is 17.2 Å². The molecule has 0 radical (unpaired) electrons. The summed E-state index contributed by atoms with van der Waals surface area (Å²) in [5.41, 5.74) is 0.949. The molecule has 1 spiro atoms. The van der Waals surface area contributed by atoms with Crippen LogP contribution < -0.4 is 9.47 Å². The van der Waals surface area contributed by atoms with Crippen LogP contribution in [0, 0.1) is 11.8 Å². The summed E-state index contributed by atoms with van der Waals surface area (Å²) in [6.45, 7) is 1.91. The monoisotopic (exact) mass is 413 g/mol. The van der Waals surface area contributed by atoms with Crippen molar-refractivity contribution >= 4 is 12.4 Å². The second-order valence-corrected chi connectivity index (χ2v) is 9.18. The van der Waals surface area contributed by atoms with Gasteiger partial charge in [0, 0.05) is 41.6 Å². The summed E-state index contributed by atoms with van der Waals surface area (Å²) in [6.07, 6.45) is 3.23. The van der Waals surface area contributed by atoms with Crippen LogP contribution in [0.1, 0.15) is 43.2 Å². The number of piperidine rings is 1. The summed E-state index contributed by atoms with van der Waals surface area (Å²) in [4.78, 5) is 2.53. The quantitative estimate of drug-likeness (QED) is 0.815. The van der Waals surface area contributed by atoms with E-state index in [2.05, 4.69) is 4.90 Å². The van der Waals surface area contributed by atoms with Crippen LogP contribution in [0.2, 0.25) is 0 Å². The van der Waals surface area contributed by atoms with Gasteiger partial charge in [-0.1, -0.05) is 0 Å². The van der Waals surface area contributed by atoms with Crippen molar-refractivity contribution < 1.29 is 23.4 Å². The third-order valence-electron chi connectivity index (χ3n) is 7.90. The van der Waals surface area contributed by atoms with E-state index in [1.807, 2.05) is 0 Å². The number of phenolic OH excluding ortho intramolecular Hbond substituents is 1. The number of hydrogen-bond donors (Lipinski definition) is 1. The van der Waals surface area contributed by atoms with Crippen molar-refractivity contribution in [2.24, 2.45) is 11.8 Å². The van der Waals surface area contributed by atoms with Gasteiger partial charge in [-0.25, -0.2) is 8.78 Å². The molecule has 2 heterocycles. The van der Waals surface area contributed by atoms with Crippen LogP contribution in [0.25, 0.3) is 0 Å². The first-order valence-electron chi connectivity index (χ1n) is 10.2. The number of rotatable bonds is 3. The van der Waals surface area contributed by atoms with Crippen LogP contribution in [0.5, 0.6) is 17.2 Å². The number of halogens is 3. The Labute approximate surface area is 169 Å². The van der Waals surface area contributed by atoms with E-state index in [0.717, 1.165) is 36.6 Å². The van der Waals surface area contributed by atoms with Gasteiger partial charge in [-0.05, 0) is 50.5 Å². The van der Waals surface area contributed by atoms with Gasteiger partial charge >= 0.3 is 0 Å². The van der Waals surface area contributed by atoms with Gasteiger partial charge in [0.1, 0.15) is 5.75 Å². The van der Waals surface area contributed by atoms with Crippen LogP contribution >= 0.6 is 12.4 Å². The minimum atomic E-state index is -2.85. The van der Waals surface area contributed by atoms with E-state index in [-0.39, 0.29) is 36.5 Å². The van der Waals surface area contributed by atoms with E-state index in [4.69, 9.17) is 9.47 Å². The van der Waals surface area contributed by atoms with E-state index in [0.29, 0.717) is 24.3 Å². The van der Waals surface area contributed by atoms with Gasteiger partial charge in [0.2, 0.25) is 0 Å². The number of benzene rings is 1. The Kier molecular flexibility index (Phi) is 3.94. The summed E-state index contributed by atoms with van der Waals surface area (Å²) in [5, 5.41) is 10.7. The van der Waals surface area contributed by atoms with E-state index in [1.54, 1.807) is 6.07 Å². The molecule has 5 aliphatic rings. The number of likely N-dealkylation sites (tertiary alicyclic amines) is 1. The lowest BCUT2D eigenvalue weighted by atomic mass is 9.51. The van der Waals surface area contributed by atoms with Crippen molar-refractivity contribution in [1.82, 2.24) is 4.90 Å². The second kappa shape index (κ2) is 5.88. The van der Waals surface area contributed by atoms with E-state index >= 15 is 8.78 Å². The number of nitrogens with zero attached hydrogens (tertiary/aromatic N) is 1. The van der Waals surface area contributed by atoms with Crippen molar-refractivity contribution in [2.45, 2.75) is 62.0 Å². The smallest absolute Gasteiger partial charge is 0.285 e. The molecule has 2 bridgehead atoms. The Balaban J connectivity index is 0.00000171. The fourth-order valence-electron chi connectivity index (χ4n) is 6.63. The van der Waals surface area contributed by atoms with Gasteiger partial charge in [0.15, 0.2) is 17.6 Å². The molecule has 3 aliphatic carbocycles. The zero-order valence-electron chi connectivity index (χ0n) is 15.9. The Morgan fingerprint density at radius 3 is 2.79 bits per heavy atom. The van der Waals surface area contributed by atoms with Gasteiger partial charge in [0.05, 0.1) is 7.11 Å². The molecule has 154 valence electrons. The molecule has 0 aromatic heterocycles. The first-order chi connectivity index (χ1) is 13.0.